The first-order valence-electron chi connectivity index (χ1n) is 9.18. The van der Waals surface area contributed by atoms with Gasteiger partial charge in [-0.05, 0) is 43.2 Å². The molecular weight excluding hydrogens is 318 g/mol. The molecule has 4 rings (SSSR count). The van der Waals surface area contributed by atoms with Gasteiger partial charge in [0.1, 0.15) is 5.75 Å². The van der Waals surface area contributed by atoms with Crippen LogP contribution in [-0.2, 0) is 4.79 Å². The van der Waals surface area contributed by atoms with Crippen molar-refractivity contribution in [3.63, 3.8) is 0 Å². The fourth-order valence-electron chi connectivity index (χ4n) is 4.87. The van der Waals surface area contributed by atoms with Crippen molar-refractivity contribution in [1.29, 1.82) is 0 Å². The van der Waals surface area contributed by atoms with E-state index in [-0.39, 0.29) is 29.5 Å². The van der Waals surface area contributed by atoms with Crippen LogP contribution in [0, 0.1) is 17.8 Å². The summed E-state index contributed by atoms with van der Waals surface area (Å²) in [5.74, 6) is 0.936. The fraction of sp³-hybridized carbons (Fsp3) is 0.579. The maximum absolute atomic E-state index is 12.9. The predicted octanol–water partition coefficient (Wildman–Crippen LogP) is 1.05. The van der Waals surface area contributed by atoms with Crippen LogP contribution < -0.4 is 5.73 Å². The topological polar surface area (TPSA) is 86.9 Å². The van der Waals surface area contributed by atoms with Gasteiger partial charge < -0.3 is 20.6 Å². The number of nitrogens with zero attached hydrogens (tertiary/aromatic N) is 2. The zero-order chi connectivity index (χ0) is 17.6. The highest BCUT2D eigenvalue weighted by molar-refractivity contribution is 5.97. The number of fused-ring (bicyclic) bond motifs is 2. The second kappa shape index (κ2) is 6.33. The van der Waals surface area contributed by atoms with E-state index in [0.717, 1.165) is 12.8 Å². The van der Waals surface area contributed by atoms with E-state index in [9.17, 15) is 14.7 Å². The van der Waals surface area contributed by atoms with Crippen molar-refractivity contribution in [3.05, 3.63) is 29.8 Å². The molecular formula is C19H25N3O3. The summed E-state index contributed by atoms with van der Waals surface area (Å²) in [5, 5.41) is 9.86. The van der Waals surface area contributed by atoms with Crippen molar-refractivity contribution in [2.24, 2.45) is 23.5 Å². The van der Waals surface area contributed by atoms with Crippen molar-refractivity contribution in [1.82, 2.24) is 9.80 Å². The molecule has 0 aromatic heterocycles. The lowest BCUT2D eigenvalue weighted by Gasteiger charge is -2.38. The van der Waals surface area contributed by atoms with Crippen LogP contribution in [-0.4, -0.2) is 58.9 Å². The maximum Gasteiger partial charge on any atom is 0.257 e. The minimum absolute atomic E-state index is 0.000963. The summed E-state index contributed by atoms with van der Waals surface area (Å²) in [4.78, 5) is 29.0. The molecule has 134 valence electrons. The number of phenolic OH excluding ortho intramolecular Hbond substituents is 1. The molecule has 3 fully saturated rings. The Kier molecular flexibility index (Phi) is 4.15. The average molecular weight is 343 g/mol. The van der Waals surface area contributed by atoms with Crippen LogP contribution in [0.5, 0.6) is 5.75 Å². The maximum atomic E-state index is 12.9. The summed E-state index contributed by atoms with van der Waals surface area (Å²) >= 11 is 0. The molecule has 2 amide bonds. The second-order valence-corrected chi connectivity index (χ2v) is 7.57. The molecule has 1 aromatic rings. The average Bonchev–Trinajstić information content (AvgIpc) is 3.22. The number of hydrogen-bond acceptors (Lipinski definition) is 4. The molecule has 6 heteroatoms. The quantitative estimate of drug-likeness (QED) is 0.840. The summed E-state index contributed by atoms with van der Waals surface area (Å²) in [6.45, 7) is 2.07. The van der Waals surface area contributed by atoms with E-state index in [4.69, 9.17) is 5.73 Å². The van der Waals surface area contributed by atoms with E-state index in [2.05, 4.69) is 0 Å². The van der Waals surface area contributed by atoms with Gasteiger partial charge in [-0.25, -0.2) is 0 Å². The highest BCUT2D eigenvalue weighted by atomic mass is 16.3. The number of aromatic hydroxyl groups is 1. The second-order valence-electron chi connectivity index (χ2n) is 7.57. The molecule has 25 heavy (non-hydrogen) atoms. The zero-order valence-electron chi connectivity index (χ0n) is 14.3. The summed E-state index contributed by atoms with van der Waals surface area (Å²) in [5.41, 5.74) is 6.62. The van der Waals surface area contributed by atoms with Gasteiger partial charge in [-0.3, -0.25) is 9.59 Å². The van der Waals surface area contributed by atoms with E-state index >= 15 is 0 Å². The molecule has 3 aliphatic rings. The summed E-state index contributed by atoms with van der Waals surface area (Å²) in [6, 6.07) is 6.59. The number of phenols is 1. The number of carbonyl (C=O) groups is 2. The third kappa shape index (κ3) is 2.78. The first-order valence-corrected chi connectivity index (χ1v) is 9.18. The Morgan fingerprint density at radius 3 is 2.28 bits per heavy atom. The summed E-state index contributed by atoms with van der Waals surface area (Å²) in [6.07, 6.45) is 3.39. The van der Waals surface area contributed by atoms with Crippen molar-refractivity contribution >= 4 is 11.8 Å². The van der Waals surface area contributed by atoms with Gasteiger partial charge in [0.25, 0.3) is 5.91 Å². The molecule has 0 spiro atoms. The van der Waals surface area contributed by atoms with Crippen LogP contribution in [0.1, 0.15) is 29.6 Å². The number of benzene rings is 1. The number of para-hydroxylation sites is 1. The number of nitrogens with two attached hydrogens (primary N) is 1. The van der Waals surface area contributed by atoms with Gasteiger partial charge >= 0.3 is 0 Å². The van der Waals surface area contributed by atoms with Crippen molar-refractivity contribution in [2.45, 2.75) is 25.3 Å². The summed E-state index contributed by atoms with van der Waals surface area (Å²) < 4.78 is 0. The number of rotatable bonds is 2. The van der Waals surface area contributed by atoms with Crippen LogP contribution >= 0.6 is 0 Å². The standard InChI is InChI=1S/C19H25N3O3/c20-17-13-6-5-12(11-13)16(17)19(25)22-9-7-21(8-10-22)18(24)14-3-1-2-4-15(14)23/h1-4,12-13,16-17,23H,5-11,20H2. The number of carbonyl (C=O) groups excluding carboxylic acids is 2. The summed E-state index contributed by atoms with van der Waals surface area (Å²) in [7, 11) is 0. The third-order valence-electron chi connectivity index (χ3n) is 6.28. The van der Waals surface area contributed by atoms with Crippen molar-refractivity contribution < 1.29 is 14.7 Å². The zero-order valence-corrected chi connectivity index (χ0v) is 14.3. The molecule has 1 aromatic carbocycles. The Bertz CT molecular complexity index is 682. The smallest absolute Gasteiger partial charge is 0.257 e. The van der Waals surface area contributed by atoms with E-state index in [1.807, 2.05) is 4.90 Å². The number of amides is 2. The van der Waals surface area contributed by atoms with Crippen molar-refractivity contribution in [2.75, 3.05) is 26.2 Å². The molecule has 6 nitrogen and oxygen atoms in total. The van der Waals surface area contributed by atoms with Gasteiger partial charge in [0, 0.05) is 32.2 Å². The van der Waals surface area contributed by atoms with Crippen LogP contribution in [0.4, 0.5) is 0 Å². The molecule has 2 aliphatic carbocycles. The highest BCUT2D eigenvalue weighted by Gasteiger charge is 2.50. The molecule has 2 saturated carbocycles. The minimum atomic E-state index is -0.179. The Morgan fingerprint density at radius 1 is 1.00 bits per heavy atom. The van der Waals surface area contributed by atoms with Crippen LogP contribution in [0.3, 0.4) is 0 Å². The molecule has 0 radical (unpaired) electrons. The number of hydrogen-bond donors (Lipinski definition) is 2. The lowest BCUT2D eigenvalue weighted by atomic mass is 9.84. The molecule has 1 heterocycles. The van der Waals surface area contributed by atoms with E-state index < -0.39 is 0 Å². The monoisotopic (exact) mass is 343 g/mol. The SMILES string of the molecule is NC1C2CCC(C2)C1C(=O)N1CCN(C(=O)c2ccccc2O)CC1. The van der Waals surface area contributed by atoms with Gasteiger partial charge in [0.05, 0.1) is 11.5 Å². The van der Waals surface area contributed by atoms with E-state index in [1.165, 1.54) is 12.5 Å². The first kappa shape index (κ1) is 16.4. The predicted molar refractivity (Wildman–Crippen MR) is 92.9 cm³/mol. The Balaban J connectivity index is 1.38. The molecule has 4 atom stereocenters. The van der Waals surface area contributed by atoms with Gasteiger partial charge in [-0.2, -0.15) is 0 Å². The Morgan fingerprint density at radius 2 is 1.64 bits per heavy atom. The van der Waals surface area contributed by atoms with Crippen LogP contribution in [0.15, 0.2) is 24.3 Å². The molecule has 3 N–H and O–H groups in total. The lowest BCUT2D eigenvalue weighted by Crippen LogP contribution is -2.54. The molecule has 2 bridgehead atoms. The first-order chi connectivity index (χ1) is 12.1. The van der Waals surface area contributed by atoms with Gasteiger partial charge in [-0.1, -0.05) is 12.1 Å². The van der Waals surface area contributed by atoms with E-state index in [0.29, 0.717) is 43.6 Å². The highest BCUT2D eigenvalue weighted by Crippen LogP contribution is 2.48. The van der Waals surface area contributed by atoms with Crippen LogP contribution in [0.2, 0.25) is 0 Å². The normalized spacial score (nSPS) is 31.4. The molecule has 4 unspecified atom stereocenters. The molecule has 1 saturated heterocycles. The third-order valence-corrected chi connectivity index (χ3v) is 6.28. The van der Waals surface area contributed by atoms with Gasteiger partial charge in [0.15, 0.2) is 0 Å². The Labute approximate surface area is 147 Å². The number of piperazine rings is 1. The van der Waals surface area contributed by atoms with Crippen molar-refractivity contribution in [3.8, 4) is 5.75 Å². The lowest BCUT2D eigenvalue weighted by molar-refractivity contribution is -0.139. The molecule has 1 aliphatic heterocycles. The van der Waals surface area contributed by atoms with Crippen LogP contribution in [0.25, 0.3) is 0 Å². The van der Waals surface area contributed by atoms with E-state index in [1.54, 1.807) is 23.1 Å². The van der Waals surface area contributed by atoms with Gasteiger partial charge in [-0.15, -0.1) is 0 Å². The largest absolute Gasteiger partial charge is 0.507 e. The van der Waals surface area contributed by atoms with Gasteiger partial charge in [0.2, 0.25) is 5.91 Å². The Hall–Kier alpha value is -2.08. The minimum Gasteiger partial charge on any atom is -0.507 e. The fourth-order valence-corrected chi connectivity index (χ4v) is 4.87.